The quantitative estimate of drug-likeness (QED) is 0.766. The Bertz CT molecular complexity index is 834. The number of hydrogen-bond donors (Lipinski definition) is 2. The largest absolute Gasteiger partial charge is 0.373 e. The van der Waals surface area contributed by atoms with Crippen LogP contribution in [-0.2, 0) is 4.79 Å². The van der Waals surface area contributed by atoms with Crippen LogP contribution >= 0.6 is 11.3 Å². The maximum atomic E-state index is 13.8. The topological polar surface area (TPSA) is 65.5 Å². The van der Waals surface area contributed by atoms with E-state index in [1.54, 1.807) is 4.90 Å². The minimum Gasteiger partial charge on any atom is -0.373 e. The van der Waals surface area contributed by atoms with E-state index in [0.29, 0.717) is 29.3 Å². The SMILES string of the molecule is CC(C)(C)CC(=O)N1CCCC(C(O)Nc2nc3c(F)cc(F)cc3s2)C1. The molecule has 0 saturated carbocycles. The number of carbonyl (C=O) groups is 1. The number of aliphatic hydroxyl groups is 1. The number of aromatic nitrogens is 1. The highest BCUT2D eigenvalue weighted by molar-refractivity contribution is 7.22. The monoisotopic (exact) mass is 397 g/mol. The van der Waals surface area contributed by atoms with Gasteiger partial charge in [-0.15, -0.1) is 0 Å². The van der Waals surface area contributed by atoms with Crippen molar-refractivity contribution >= 4 is 32.6 Å². The molecule has 2 N–H and O–H groups in total. The van der Waals surface area contributed by atoms with Crippen LogP contribution in [0.3, 0.4) is 0 Å². The molecule has 148 valence electrons. The van der Waals surface area contributed by atoms with Crippen molar-refractivity contribution < 1.29 is 18.7 Å². The number of nitrogens with zero attached hydrogens (tertiary/aromatic N) is 2. The fourth-order valence-corrected chi connectivity index (χ4v) is 4.26. The van der Waals surface area contributed by atoms with E-state index in [1.165, 1.54) is 6.07 Å². The number of fused-ring (bicyclic) bond motifs is 1. The summed E-state index contributed by atoms with van der Waals surface area (Å²) in [6.07, 6.45) is 1.15. The molecule has 5 nitrogen and oxygen atoms in total. The van der Waals surface area contributed by atoms with Gasteiger partial charge in [0.15, 0.2) is 10.9 Å². The number of anilines is 1. The first-order valence-corrected chi connectivity index (χ1v) is 9.92. The Hall–Kier alpha value is -1.80. The van der Waals surface area contributed by atoms with Gasteiger partial charge in [-0.05, 0) is 24.3 Å². The zero-order chi connectivity index (χ0) is 19.8. The predicted octanol–water partition coefficient (Wildman–Crippen LogP) is 3.98. The minimum atomic E-state index is -0.913. The number of thiazole rings is 1. The number of hydrogen-bond acceptors (Lipinski definition) is 5. The Balaban J connectivity index is 1.66. The third-order valence-corrected chi connectivity index (χ3v) is 5.56. The molecule has 2 aromatic rings. The second kappa shape index (κ2) is 7.67. The lowest BCUT2D eigenvalue weighted by atomic mass is 9.90. The molecular formula is C19H25F2N3O2S. The first-order chi connectivity index (χ1) is 12.6. The van der Waals surface area contributed by atoms with Gasteiger partial charge in [-0.2, -0.15) is 0 Å². The van der Waals surface area contributed by atoms with Crippen LogP contribution in [0.15, 0.2) is 12.1 Å². The van der Waals surface area contributed by atoms with Gasteiger partial charge in [-0.1, -0.05) is 32.1 Å². The summed E-state index contributed by atoms with van der Waals surface area (Å²) in [5, 5.41) is 13.8. The molecule has 27 heavy (non-hydrogen) atoms. The van der Waals surface area contributed by atoms with Gasteiger partial charge in [0.05, 0.1) is 4.70 Å². The molecule has 1 aromatic carbocycles. The molecule has 1 aliphatic rings. The fraction of sp³-hybridized carbons (Fsp3) is 0.579. The van der Waals surface area contributed by atoms with E-state index in [2.05, 4.69) is 10.3 Å². The number of likely N-dealkylation sites (tertiary alicyclic amines) is 1. The number of aliphatic hydroxyl groups excluding tert-OH is 1. The molecular weight excluding hydrogens is 372 g/mol. The van der Waals surface area contributed by atoms with Gasteiger partial charge in [0, 0.05) is 31.5 Å². The normalized spacial score (nSPS) is 19.3. The predicted molar refractivity (Wildman–Crippen MR) is 103 cm³/mol. The molecule has 0 aliphatic carbocycles. The zero-order valence-corrected chi connectivity index (χ0v) is 16.6. The highest BCUT2D eigenvalue weighted by Crippen LogP contribution is 2.31. The van der Waals surface area contributed by atoms with Gasteiger partial charge in [0.25, 0.3) is 0 Å². The van der Waals surface area contributed by atoms with Crippen LogP contribution in [0.4, 0.5) is 13.9 Å². The smallest absolute Gasteiger partial charge is 0.223 e. The van der Waals surface area contributed by atoms with E-state index in [4.69, 9.17) is 0 Å². The van der Waals surface area contributed by atoms with Crippen molar-refractivity contribution in [3.05, 3.63) is 23.8 Å². The molecule has 2 heterocycles. The van der Waals surface area contributed by atoms with Crippen molar-refractivity contribution in [1.82, 2.24) is 9.88 Å². The van der Waals surface area contributed by atoms with Crippen LogP contribution in [0.5, 0.6) is 0 Å². The Morgan fingerprint density at radius 2 is 2.19 bits per heavy atom. The number of piperidine rings is 1. The first kappa shape index (κ1) is 19.9. The molecule has 1 aliphatic heterocycles. The Morgan fingerprint density at radius 1 is 1.44 bits per heavy atom. The highest BCUT2D eigenvalue weighted by atomic mass is 32.1. The molecule has 1 saturated heterocycles. The summed E-state index contributed by atoms with van der Waals surface area (Å²) >= 11 is 1.09. The van der Waals surface area contributed by atoms with Gasteiger partial charge in [-0.25, -0.2) is 13.8 Å². The van der Waals surface area contributed by atoms with Gasteiger partial charge in [-0.3, -0.25) is 4.79 Å². The lowest BCUT2D eigenvalue weighted by Crippen LogP contribution is -2.46. The summed E-state index contributed by atoms with van der Waals surface area (Å²) in [5.41, 5.74) is 0.00282. The van der Waals surface area contributed by atoms with Crippen molar-refractivity contribution in [2.24, 2.45) is 11.3 Å². The molecule has 1 fully saturated rings. The third-order valence-electron chi connectivity index (χ3n) is 4.62. The number of halogens is 2. The molecule has 1 aromatic heterocycles. The van der Waals surface area contributed by atoms with Crippen LogP contribution in [0, 0.1) is 23.0 Å². The first-order valence-electron chi connectivity index (χ1n) is 9.10. The molecule has 2 atom stereocenters. The second-order valence-corrected chi connectivity index (χ2v) is 9.35. The summed E-state index contributed by atoms with van der Waals surface area (Å²) < 4.78 is 27.5. The van der Waals surface area contributed by atoms with E-state index in [-0.39, 0.29) is 22.8 Å². The number of rotatable bonds is 4. The molecule has 0 bridgehead atoms. The Morgan fingerprint density at radius 3 is 2.89 bits per heavy atom. The van der Waals surface area contributed by atoms with Gasteiger partial charge in [0.1, 0.15) is 17.6 Å². The lowest BCUT2D eigenvalue weighted by Gasteiger charge is -2.36. The summed E-state index contributed by atoms with van der Waals surface area (Å²) in [6.45, 7) is 7.24. The van der Waals surface area contributed by atoms with Crippen molar-refractivity contribution in [3.8, 4) is 0 Å². The van der Waals surface area contributed by atoms with E-state index in [0.717, 1.165) is 30.2 Å². The number of amides is 1. The molecule has 0 spiro atoms. The maximum Gasteiger partial charge on any atom is 0.223 e. The standard InChI is InChI=1S/C19H25F2N3O2S/c1-19(2,3)9-15(25)24-6-4-5-11(10-24)17(26)23-18-22-16-13(21)7-12(20)8-14(16)27-18/h7-8,11,17,26H,4-6,9-10H2,1-3H3,(H,22,23). The highest BCUT2D eigenvalue weighted by Gasteiger charge is 2.30. The number of carbonyl (C=O) groups excluding carboxylic acids is 1. The van der Waals surface area contributed by atoms with E-state index >= 15 is 0 Å². The summed E-state index contributed by atoms with van der Waals surface area (Å²) in [6, 6.07) is 2.02. The summed E-state index contributed by atoms with van der Waals surface area (Å²) in [7, 11) is 0. The number of nitrogens with one attached hydrogen (secondary N) is 1. The van der Waals surface area contributed by atoms with E-state index < -0.39 is 17.9 Å². The lowest BCUT2D eigenvalue weighted by molar-refractivity contribution is -0.135. The van der Waals surface area contributed by atoms with Crippen molar-refractivity contribution in [3.63, 3.8) is 0 Å². The molecule has 2 unspecified atom stereocenters. The third kappa shape index (κ3) is 4.93. The fourth-order valence-electron chi connectivity index (χ4n) is 3.32. The molecule has 0 radical (unpaired) electrons. The summed E-state index contributed by atoms with van der Waals surface area (Å²) in [5.74, 6) is -1.43. The van der Waals surface area contributed by atoms with Crippen LogP contribution < -0.4 is 5.32 Å². The van der Waals surface area contributed by atoms with Gasteiger partial charge in [0.2, 0.25) is 5.91 Å². The molecule has 1 amide bonds. The molecule has 8 heteroatoms. The van der Waals surface area contributed by atoms with Crippen LogP contribution in [0.25, 0.3) is 10.2 Å². The average Bonchev–Trinajstić information content (AvgIpc) is 2.96. The average molecular weight is 397 g/mol. The van der Waals surface area contributed by atoms with Gasteiger partial charge >= 0.3 is 0 Å². The summed E-state index contributed by atoms with van der Waals surface area (Å²) in [4.78, 5) is 18.4. The minimum absolute atomic E-state index is 0.0821. The van der Waals surface area contributed by atoms with Gasteiger partial charge < -0.3 is 15.3 Å². The Kier molecular flexibility index (Phi) is 5.67. The maximum absolute atomic E-state index is 13.8. The second-order valence-electron chi connectivity index (χ2n) is 8.32. The molecule has 3 rings (SSSR count). The van der Waals surface area contributed by atoms with E-state index in [1.807, 2.05) is 20.8 Å². The Labute approximate surface area is 161 Å². The van der Waals surface area contributed by atoms with Crippen LogP contribution in [-0.4, -0.2) is 40.2 Å². The van der Waals surface area contributed by atoms with Crippen molar-refractivity contribution in [2.75, 3.05) is 18.4 Å². The van der Waals surface area contributed by atoms with Crippen LogP contribution in [0.1, 0.15) is 40.0 Å². The van der Waals surface area contributed by atoms with Crippen LogP contribution in [0.2, 0.25) is 0 Å². The van der Waals surface area contributed by atoms with Crippen molar-refractivity contribution in [1.29, 1.82) is 0 Å². The van der Waals surface area contributed by atoms with Crippen molar-refractivity contribution in [2.45, 2.75) is 46.3 Å². The number of benzene rings is 1. The zero-order valence-electron chi connectivity index (χ0n) is 15.8. The van der Waals surface area contributed by atoms with E-state index in [9.17, 15) is 18.7 Å².